The molecule has 7 heteroatoms. The van der Waals surface area contributed by atoms with Crippen molar-refractivity contribution in [3.63, 3.8) is 0 Å². The number of pyridine rings is 1. The van der Waals surface area contributed by atoms with Gasteiger partial charge in [-0.25, -0.2) is 4.98 Å². The summed E-state index contributed by atoms with van der Waals surface area (Å²) in [7, 11) is 1.86. The summed E-state index contributed by atoms with van der Waals surface area (Å²) in [6.07, 6.45) is 5.95. The normalized spacial score (nSPS) is 21.1. The third kappa shape index (κ3) is 5.61. The van der Waals surface area contributed by atoms with Crippen molar-refractivity contribution >= 4 is 17.7 Å². The third-order valence-corrected chi connectivity index (χ3v) is 6.10. The van der Waals surface area contributed by atoms with Crippen molar-refractivity contribution < 1.29 is 4.79 Å². The number of primary amides is 1. The molecule has 1 aromatic heterocycles. The largest absolute Gasteiger partial charge is 0.369 e. The molecule has 2 fully saturated rings. The van der Waals surface area contributed by atoms with E-state index in [1.54, 1.807) is 0 Å². The number of rotatable bonds is 6. The number of hydrogen-bond donors (Lipinski definition) is 2. The number of aromatic nitrogens is 1. The second-order valence-corrected chi connectivity index (χ2v) is 8.78. The lowest BCUT2D eigenvalue weighted by Gasteiger charge is -2.32. The van der Waals surface area contributed by atoms with Gasteiger partial charge in [0.1, 0.15) is 5.82 Å². The van der Waals surface area contributed by atoms with E-state index in [1.807, 2.05) is 19.3 Å². The van der Waals surface area contributed by atoms with E-state index in [1.165, 1.54) is 12.8 Å². The summed E-state index contributed by atoms with van der Waals surface area (Å²) < 4.78 is 0. The van der Waals surface area contributed by atoms with Crippen molar-refractivity contribution in [2.75, 3.05) is 38.1 Å². The summed E-state index contributed by atoms with van der Waals surface area (Å²) in [5, 5.41) is 3.54. The van der Waals surface area contributed by atoms with Crippen LogP contribution in [0.15, 0.2) is 23.3 Å². The maximum absolute atomic E-state index is 11.4. The Bertz CT molecular complexity index is 711. The van der Waals surface area contributed by atoms with E-state index < -0.39 is 0 Å². The Balaban J connectivity index is 1.59. The van der Waals surface area contributed by atoms with Gasteiger partial charge in [-0.15, -0.1) is 0 Å². The average Bonchev–Trinajstić information content (AvgIpc) is 3.16. The fourth-order valence-corrected chi connectivity index (χ4v) is 4.62. The summed E-state index contributed by atoms with van der Waals surface area (Å²) in [6.45, 7) is 9.06. The highest BCUT2D eigenvalue weighted by Crippen LogP contribution is 2.25. The predicted octanol–water partition coefficient (Wildman–Crippen LogP) is 2.23. The van der Waals surface area contributed by atoms with Gasteiger partial charge in [0.05, 0.1) is 0 Å². The minimum absolute atomic E-state index is 0.00989. The zero-order valence-electron chi connectivity index (χ0n) is 18.1. The molecule has 2 saturated heterocycles. The Labute approximate surface area is 174 Å². The standard InChI is InChI=1S/C22H36N6O/c1-16(2)13-17-6-10-28(15-17)22(24-3)26-14-19-5-4-9-25-21(19)27-11-7-18(8-12-27)20(23)29/h4-5,9,16-18H,6-8,10-15H2,1-3H3,(H2,23,29)(H,24,26). The van der Waals surface area contributed by atoms with Crippen LogP contribution < -0.4 is 16.0 Å². The maximum Gasteiger partial charge on any atom is 0.220 e. The fourth-order valence-electron chi connectivity index (χ4n) is 4.62. The van der Waals surface area contributed by atoms with E-state index in [9.17, 15) is 4.79 Å². The topological polar surface area (TPSA) is 86.9 Å². The zero-order chi connectivity index (χ0) is 20.8. The van der Waals surface area contributed by atoms with Crippen LogP contribution in [0.1, 0.15) is 45.1 Å². The molecule has 0 spiro atoms. The molecular formula is C22H36N6O. The van der Waals surface area contributed by atoms with Crippen molar-refractivity contribution in [1.82, 2.24) is 15.2 Å². The second kappa shape index (κ2) is 9.94. The van der Waals surface area contributed by atoms with Crippen LogP contribution in [0.2, 0.25) is 0 Å². The first-order valence-corrected chi connectivity index (χ1v) is 10.9. The minimum Gasteiger partial charge on any atom is -0.369 e. The molecule has 0 saturated carbocycles. The number of piperidine rings is 1. The highest BCUT2D eigenvalue weighted by Gasteiger charge is 2.27. The molecule has 0 aromatic carbocycles. The Morgan fingerprint density at radius 2 is 2.07 bits per heavy atom. The number of nitrogens with zero attached hydrogens (tertiary/aromatic N) is 4. The lowest BCUT2D eigenvalue weighted by Crippen LogP contribution is -2.41. The molecule has 0 bridgehead atoms. The smallest absolute Gasteiger partial charge is 0.220 e. The van der Waals surface area contributed by atoms with Gasteiger partial charge in [-0.05, 0) is 43.6 Å². The van der Waals surface area contributed by atoms with Crippen LogP contribution in [0.5, 0.6) is 0 Å². The van der Waals surface area contributed by atoms with E-state index in [2.05, 4.69) is 45.0 Å². The van der Waals surface area contributed by atoms with Crippen molar-refractivity contribution in [1.29, 1.82) is 0 Å². The molecule has 29 heavy (non-hydrogen) atoms. The summed E-state index contributed by atoms with van der Waals surface area (Å²) in [5.41, 5.74) is 6.63. The van der Waals surface area contributed by atoms with E-state index in [0.29, 0.717) is 6.54 Å². The van der Waals surface area contributed by atoms with Crippen LogP contribution in [0.25, 0.3) is 0 Å². The summed E-state index contributed by atoms with van der Waals surface area (Å²) in [5.74, 6) is 3.28. The molecule has 3 rings (SSSR count). The van der Waals surface area contributed by atoms with Crippen molar-refractivity contribution in [3.8, 4) is 0 Å². The first-order chi connectivity index (χ1) is 14.0. The van der Waals surface area contributed by atoms with Crippen LogP contribution >= 0.6 is 0 Å². The molecule has 0 aliphatic carbocycles. The Morgan fingerprint density at radius 3 is 2.72 bits per heavy atom. The Hall–Kier alpha value is -2.31. The molecule has 2 aliphatic rings. The Morgan fingerprint density at radius 1 is 1.31 bits per heavy atom. The SMILES string of the molecule is CN=C(NCc1cccnc1N1CCC(C(N)=O)CC1)N1CCC(CC(C)C)C1. The van der Waals surface area contributed by atoms with E-state index in [4.69, 9.17) is 5.73 Å². The number of guanidine groups is 1. The van der Waals surface area contributed by atoms with Crippen molar-refractivity contribution in [2.24, 2.45) is 28.5 Å². The lowest BCUT2D eigenvalue weighted by atomic mass is 9.96. The molecule has 160 valence electrons. The summed E-state index contributed by atoms with van der Waals surface area (Å²) in [4.78, 5) is 25.2. The van der Waals surface area contributed by atoms with Crippen LogP contribution in [0.3, 0.4) is 0 Å². The number of amides is 1. The third-order valence-electron chi connectivity index (χ3n) is 6.10. The highest BCUT2D eigenvalue weighted by atomic mass is 16.1. The first kappa shape index (κ1) is 21.4. The molecule has 7 nitrogen and oxygen atoms in total. The number of likely N-dealkylation sites (tertiary alicyclic amines) is 1. The molecule has 1 unspecified atom stereocenters. The average molecular weight is 401 g/mol. The first-order valence-electron chi connectivity index (χ1n) is 10.9. The van der Waals surface area contributed by atoms with E-state index >= 15 is 0 Å². The summed E-state index contributed by atoms with van der Waals surface area (Å²) >= 11 is 0. The van der Waals surface area contributed by atoms with Crippen LogP contribution in [-0.4, -0.2) is 55.0 Å². The van der Waals surface area contributed by atoms with Crippen LogP contribution in [0.4, 0.5) is 5.82 Å². The molecular weight excluding hydrogens is 364 g/mol. The number of nitrogens with two attached hydrogens (primary N) is 1. The van der Waals surface area contributed by atoms with Gasteiger partial charge >= 0.3 is 0 Å². The van der Waals surface area contributed by atoms with Crippen molar-refractivity contribution in [2.45, 2.75) is 46.1 Å². The van der Waals surface area contributed by atoms with Gasteiger partial charge in [-0.3, -0.25) is 9.79 Å². The van der Waals surface area contributed by atoms with Gasteiger partial charge < -0.3 is 20.9 Å². The van der Waals surface area contributed by atoms with E-state index in [-0.39, 0.29) is 11.8 Å². The molecule has 2 aliphatic heterocycles. The molecule has 1 atom stereocenters. The second-order valence-electron chi connectivity index (χ2n) is 8.78. The molecule has 1 aromatic rings. The number of carbonyl (C=O) groups excluding carboxylic acids is 1. The Kier molecular flexibility index (Phi) is 7.34. The van der Waals surface area contributed by atoms with E-state index in [0.717, 1.165) is 68.2 Å². The van der Waals surface area contributed by atoms with Crippen molar-refractivity contribution in [3.05, 3.63) is 23.9 Å². The predicted molar refractivity (Wildman–Crippen MR) is 118 cm³/mol. The lowest BCUT2D eigenvalue weighted by molar-refractivity contribution is -0.122. The number of nitrogens with one attached hydrogen (secondary N) is 1. The highest BCUT2D eigenvalue weighted by molar-refractivity contribution is 5.80. The monoisotopic (exact) mass is 400 g/mol. The minimum atomic E-state index is -0.183. The van der Waals surface area contributed by atoms with Gasteiger partial charge in [-0.2, -0.15) is 0 Å². The quantitative estimate of drug-likeness (QED) is 0.565. The fraction of sp³-hybridized carbons (Fsp3) is 0.682. The number of aliphatic imine (C=N–C) groups is 1. The summed E-state index contributed by atoms with van der Waals surface area (Å²) in [6, 6.07) is 4.10. The van der Waals surface area contributed by atoms with Crippen LogP contribution in [-0.2, 0) is 11.3 Å². The number of hydrogen-bond acceptors (Lipinski definition) is 4. The number of anilines is 1. The number of carbonyl (C=O) groups is 1. The van der Waals surface area contributed by atoms with Gasteiger partial charge in [-0.1, -0.05) is 19.9 Å². The maximum atomic E-state index is 11.4. The van der Waals surface area contributed by atoms with Gasteiger partial charge in [0.2, 0.25) is 5.91 Å². The molecule has 1 amide bonds. The zero-order valence-corrected chi connectivity index (χ0v) is 18.1. The van der Waals surface area contributed by atoms with Gasteiger partial charge in [0.25, 0.3) is 0 Å². The molecule has 3 heterocycles. The molecule has 3 N–H and O–H groups in total. The van der Waals surface area contributed by atoms with Crippen LogP contribution in [0, 0.1) is 17.8 Å². The molecule has 0 radical (unpaired) electrons. The van der Waals surface area contributed by atoms with Gasteiger partial charge in [0.15, 0.2) is 5.96 Å². The van der Waals surface area contributed by atoms with Gasteiger partial charge in [0, 0.05) is 57.4 Å².